The van der Waals surface area contributed by atoms with Crippen molar-refractivity contribution in [1.82, 2.24) is 15.3 Å². The number of ether oxygens (including phenoxy) is 1. The minimum Gasteiger partial charge on any atom is -0.444 e. The van der Waals surface area contributed by atoms with E-state index in [4.69, 9.17) is 4.74 Å². The molecule has 2 aromatic rings. The maximum absolute atomic E-state index is 12.9. The number of H-pyrrole nitrogens is 1. The molecule has 2 amide bonds. The molecule has 0 fully saturated rings. The minimum atomic E-state index is -4.57. The molecule has 0 radical (unpaired) electrons. The summed E-state index contributed by atoms with van der Waals surface area (Å²) >= 11 is 0. The molecule has 3 rings (SSSR count). The smallest absolute Gasteiger partial charge is 0.432 e. The first-order valence-electron chi connectivity index (χ1n) is 8.94. The molecule has 1 aliphatic heterocycles. The lowest BCUT2D eigenvalue weighted by atomic mass is 10.1. The third kappa shape index (κ3) is 4.69. The van der Waals surface area contributed by atoms with E-state index in [1.165, 1.54) is 4.90 Å². The largest absolute Gasteiger partial charge is 0.444 e. The third-order valence-corrected chi connectivity index (χ3v) is 4.24. The van der Waals surface area contributed by atoms with Gasteiger partial charge in [-0.1, -0.05) is 18.2 Å². The number of carbonyl (C=O) groups excluding carboxylic acids is 2. The van der Waals surface area contributed by atoms with Crippen LogP contribution in [0.25, 0.3) is 0 Å². The maximum Gasteiger partial charge on any atom is 0.432 e. The molecule has 0 bridgehead atoms. The molecule has 0 saturated carbocycles. The molecule has 2 heterocycles. The number of hydrogen-bond acceptors (Lipinski definition) is 4. The number of fused-ring (bicyclic) bond motifs is 1. The lowest BCUT2D eigenvalue weighted by Gasteiger charge is -2.25. The molecular formula is C19H21F3N4O3. The van der Waals surface area contributed by atoms with Gasteiger partial charge in [0, 0.05) is 12.1 Å². The van der Waals surface area contributed by atoms with Gasteiger partial charge in [0.05, 0.1) is 12.2 Å². The number of alkyl carbamates (subject to hydrolysis) is 1. The Hall–Kier alpha value is -3.04. The van der Waals surface area contributed by atoms with Crippen molar-refractivity contribution in [2.45, 2.75) is 45.0 Å². The van der Waals surface area contributed by atoms with Gasteiger partial charge in [0.25, 0.3) is 0 Å². The van der Waals surface area contributed by atoms with Crippen molar-refractivity contribution in [2.75, 3.05) is 11.4 Å². The van der Waals surface area contributed by atoms with E-state index in [1.54, 1.807) is 45.0 Å². The van der Waals surface area contributed by atoms with Crippen LogP contribution >= 0.6 is 0 Å². The fourth-order valence-electron chi connectivity index (χ4n) is 3.11. The highest BCUT2D eigenvalue weighted by Crippen LogP contribution is 2.40. The van der Waals surface area contributed by atoms with E-state index in [0.29, 0.717) is 18.3 Å². The van der Waals surface area contributed by atoms with E-state index in [0.717, 1.165) is 5.56 Å². The van der Waals surface area contributed by atoms with Gasteiger partial charge in [-0.25, -0.2) is 9.78 Å². The van der Waals surface area contributed by atoms with Crippen molar-refractivity contribution >= 4 is 17.7 Å². The average molecular weight is 410 g/mol. The van der Waals surface area contributed by atoms with Crippen LogP contribution in [0.2, 0.25) is 0 Å². The topological polar surface area (TPSA) is 87.3 Å². The predicted molar refractivity (Wildman–Crippen MR) is 98.2 cm³/mol. The van der Waals surface area contributed by atoms with Crippen molar-refractivity contribution in [3.05, 3.63) is 47.5 Å². The van der Waals surface area contributed by atoms with Crippen molar-refractivity contribution in [3.8, 4) is 0 Å². The van der Waals surface area contributed by atoms with Crippen molar-refractivity contribution in [2.24, 2.45) is 0 Å². The summed E-state index contributed by atoms with van der Waals surface area (Å²) in [6.07, 6.45) is -4.31. The van der Waals surface area contributed by atoms with E-state index in [1.807, 2.05) is 0 Å². The fourth-order valence-corrected chi connectivity index (χ4v) is 3.11. The Labute approximate surface area is 165 Å². The summed E-state index contributed by atoms with van der Waals surface area (Å²) in [7, 11) is 0. The van der Waals surface area contributed by atoms with Gasteiger partial charge in [0.1, 0.15) is 23.7 Å². The number of imidazole rings is 1. The maximum atomic E-state index is 12.9. The highest BCUT2D eigenvalue weighted by atomic mass is 19.4. The molecule has 1 aromatic carbocycles. The Morgan fingerprint density at radius 1 is 1.28 bits per heavy atom. The number of alkyl halides is 3. The quantitative estimate of drug-likeness (QED) is 0.810. The van der Waals surface area contributed by atoms with Crippen LogP contribution in [-0.2, 0) is 22.1 Å². The molecule has 29 heavy (non-hydrogen) atoms. The monoisotopic (exact) mass is 410 g/mol. The molecule has 1 unspecified atom stereocenters. The number of aromatic nitrogens is 2. The van der Waals surface area contributed by atoms with Crippen molar-refractivity contribution < 1.29 is 27.5 Å². The van der Waals surface area contributed by atoms with Crippen molar-refractivity contribution in [1.29, 1.82) is 0 Å². The zero-order chi connectivity index (χ0) is 21.4. The Morgan fingerprint density at radius 3 is 2.59 bits per heavy atom. The van der Waals surface area contributed by atoms with Crippen LogP contribution in [0, 0.1) is 0 Å². The van der Waals surface area contributed by atoms with Crippen LogP contribution in [0.1, 0.15) is 43.9 Å². The van der Waals surface area contributed by atoms with Gasteiger partial charge in [0.15, 0.2) is 0 Å². The lowest BCUT2D eigenvalue weighted by molar-refractivity contribution is -0.141. The summed E-state index contributed by atoms with van der Waals surface area (Å²) in [6.45, 7) is 4.70. The molecule has 0 aliphatic carbocycles. The molecular weight excluding hydrogens is 389 g/mol. The first-order valence-corrected chi connectivity index (χ1v) is 8.94. The number of hydrogen-bond donors (Lipinski definition) is 2. The zero-order valence-corrected chi connectivity index (χ0v) is 16.1. The number of amides is 2. The summed E-state index contributed by atoms with van der Waals surface area (Å²) in [6, 6.07) is 6.27. The second kappa shape index (κ2) is 7.41. The molecule has 0 spiro atoms. The number of nitrogens with one attached hydrogen (secondary N) is 2. The standard InChI is InChI=1S/C19H21F3N4O3/c1-18(2,3)29-17(28)24-10-15(27)26-12-7-5-4-6-11(12)8-13(26)16-23-9-14(25-16)19(20,21)22/h4-7,9,13H,8,10H2,1-3H3,(H,23,25)(H,24,28). The highest BCUT2D eigenvalue weighted by Gasteiger charge is 2.39. The van der Waals surface area contributed by atoms with Crippen LogP contribution < -0.4 is 10.2 Å². The third-order valence-electron chi connectivity index (χ3n) is 4.24. The highest BCUT2D eigenvalue weighted by molar-refractivity contribution is 5.98. The van der Waals surface area contributed by atoms with E-state index >= 15 is 0 Å². The molecule has 1 aromatic heterocycles. The van der Waals surface area contributed by atoms with E-state index in [9.17, 15) is 22.8 Å². The summed E-state index contributed by atoms with van der Waals surface area (Å²) in [4.78, 5) is 32.2. The molecule has 10 heteroatoms. The van der Waals surface area contributed by atoms with Crippen LogP contribution in [-0.4, -0.2) is 34.1 Å². The molecule has 1 atom stereocenters. The van der Waals surface area contributed by atoms with E-state index in [2.05, 4.69) is 15.3 Å². The van der Waals surface area contributed by atoms with Gasteiger partial charge in [0.2, 0.25) is 5.91 Å². The number of para-hydroxylation sites is 1. The Morgan fingerprint density at radius 2 is 1.97 bits per heavy atom. The number of rotatable bonds is 3. The van der Waals surface area contributed by atoms with Gasteiger partial charge in [-0.05, 0) is 32.4 Å². The second-order valence-corrected chi connectivity index (χ2v) is 7.65. The molecule has 7 nitrogen and oxygen atoms in total. The summed E-state index contributed by atoms with van der Waals surface area (Å²) in [5, 5.41) is 2.39. The van der Waals surface area contributed by atoms with Gasteiger partial charge < -0.3 is 15.0 Å². The van der Waals surface area contributed by atoms with Crippen molar-refractivity contribution in [3.63, 3.8) is 0 Å². The van der Waals surface area contributed by atoms with Gasteiger partial charge in [-0.3, -0.25) is 9.69 Å². The summed E-state index contributed by atoms with van der Waals surface area (Å²) < 4.78 is 43.9. The minimum absolute atomic E-state index is 0.0270. The first-order chi connectivity index (χ1) is 13.5. The molecule has 156 valence electrons. The number of benzene rings is 1. The first kappa shape index (κ1) is 20.7. The molecule has 0 saturated heterocycles. The predicted octanol–water partition coefficient (Wildman–Crippen LogP) is 3.58. The second-order valence-electron chi connectivity index (χ2n) is 7.65. The Bertz CT molecular complexity index is 918. The van der Waals surface area contributed by atoms with Crippen LogP contribution in [0.5, 0.6) is 0 Å². The van der Waals surface area contributed by atoms with E-state index in [-0.39, 0.29) is 12.4 Å². The van der Waals surface area contributed by atoms with Gasteiger partial charge in [-0.15, -0.1) is 0 Å². The number of halogens is 3. The van der Waals surface area contributed by atoms with Crippen LogP contribution in [0.3, 0.4) is 0 Å². The SMILES string of the molecule is CC(C)(C)OC(=O)NCC(=O)N1c2ccccc2CC1c1ncc(C(F)(F)F)[nH]1. The lowest BCUT2D eigenvalue weighted by Crippen LogP contribution is -2.42. The molecule has 1 aliphatic rings. The van der Waals surface area contributed by atoms with Gasteiger partial charge >= 0.3 is 12.3 Å². The van der Waals surface area contributed by atoms with Crippen LogP contribution in [0.15, 0.2) is 30.5 Å². The fraction of sp³-hybridized carbons (Fsp3) is 0.421. The number of nitrogens with zero attached hydrogens (tertiary/aromatic N) is 2. The summed E-state index contributed by atoms with van der Waals surface area (Å²) in [5.74, 6) is -0.463. The Balaban J connectivity index is 1.81. The summed E-state index contributed by atoms with van der Waals surface area (Å²) in [5.41, 5.74) is -0.341. The zero-order valence-electron chi connectivity index (χ0n) is 16.1. The number of aromatic amines is 1. The number of carbonyl (C=O) groups is 2. The van der Waals surface area contributed by atoms with Gasteiger partial charge in [-0.2, -0.15) is 13.2 Å². The molecule has 2 N–H and O–H groups in total. The number of anilines is 1. The van der Waals surface area contributed by atoms with Crippen LogP contribution in [0.4, 0.5) is 23.7 Å². The average Bonchev–Trinajstić information content (AvgIpc) is 3.22. The normalized spacial score (nSPS) is 16.5. The Kier molecular flexibility index (Phi) is 5.29. The van der Waals surface area contributed by atoms with E-state index < -0.39 is 35.5 Å².